The zero-order chi connectivity index (χ0) is 18.5. The number of fused-ring (bicyclic) bond motifs is 1. The standard InChI is InChI=1S/C23H28N2O2/c26-22-11-4-10-21-20(22)9-5-12-23(21)27-18-6-13-24-14-16-25(17-15-24)19-7-2-1-3-8-19/h1-3,5,7-9,12H,4,6,10-11,13-18H2. The summed E-state index contributed by atoms with van der Waals surface area (Å²) in [7, 11) is 0. The van der Waals surface area contributed by atoms with Crippen molar-refractivity contribution in [1.82, 2.24) is 4.90 Å². The minimum atomic E-state index is 0.262. The number of nitrogens with zero attached hydrogens (tertiary/aromatic N) is 2. The molecular formula is C23H28N2O2. The van der Waals surface area contributed by atoms with Crippen LogP contribution in [0.2, 0.25) is 0 Å². The second kappa shape index (κ2) is 8.57. The van der Waals surface area contributed by atoms with Crippen LogP contribution in [0.25, 0.3) is 0 Å². The Hall–Kier alpha value is -2.33. The van der Waals surface area contributed by atoms with Gasteiger partial charge in [-0.2, -0.15) is 0 Å². The van der Waals surface area contributed by atoms with Crippen LogP contribution in [-0.4, -0.2) is 50.0 Å². The van der Waals surface area contributed by atoms with E-state index in [4.69, 9.17) is 4.74 Å². The summed E-state index contributed by atoms with van der Waals surface area (Å²) in [5.41, 5.74) is 3.31. The number of hydrogen-bond acceptors (Lipinski definition) is 4. The lowest BCUT2D eigenvalue weighted by atomic mass is 9.90. The van der Waals surface area contributed by atoms with Crippen molar-refractivity contribution in [3.63, 3.8) is 0 Å². The molecule has 0 aromatic heterocycles. The van der Waals surface area contributed by atoms with Gasteiger partial charge in [0.1, 0.15) is 5.75 Å². The first-order valence-electron chi connectivity index (χ1n) is 10.1. The Kier molecular flexibility index (Phi) is 5.73. The number of ether oxygens (including phenoxy) is 1. The first-order chi connectivity index (χ1) is 13.3. The number of ketones is 1. The van der Waals surface area contributed by atoms with E-state index in [1.54, 1.807) is 0 Å². The maximum Gasteiger partial charge on any atom is 0.163 e. The zero-order valence-electron chi connectivity index (χ0n) is 15.9. The van der Waals surface area contributed by atoms with E-state index >= 15 is 0 Å². The molecule has 1 heterocycles. The summed E-state index contributed by atoms with van der Waals surface area (Å²) in [6.45, 7) is 6.15. The lowest BCUT2D eigenvalue weighted by molar-refractivity contribution is 0.0971. The largest absolute Gasteiger partial charge is 0.493 e. The molecule has 4 nitrogen and oxygen atoms in total. The van der Waals surface area contributed by atoms with Crippen molar-refractivity contribution >= 4 is 11.5 Å². The highest BCUT2D eigenvalue weighted by atomic mass is 16.5. The molecule has 0 saturated carbocycles. The number of benzene rings is 2. The van der Waals surface area contributed by atoms with Gasteiger partial charge < -0.3 is 9.64 Å². The topological polar surface area (TPSA) is 32.8 Å². The van der Waals surface area contributed by atoms with E-state index in [1.807, 2.05) is 18.2 Å². The third kappa shape index (κ3) is 4.33. The van der Waals surface area contributed by atoms with Gasteiger partial charge in [-0.15, -0.1) is 0 Å². The van der Waals surface area contributed by atoms with Crippen molar-refractivity contribution in [2.45, 2.75) is 25.7 Å². The summed E-state index contributed by atoms with van der Waals surface area (Å²) < 4.78 is 6.04. The van der Waals surface area contributed by atoms with Crippen LogP contribution in [0.1, 0.15) is 35.2 Å². The molecule has 0 atom stereocenters. The summed E-state index contributed by atoms with van der Waals surface area (Å²) in [6.07, 6.45) is 3.59. The molecule has 1 fully saturated rings. The first-order valence-corrected chi connectivity index (χ1v) is 10.1. The Balaban J connectivity index is 1.22. The lowest BCUT2D eigenvalue weighted by Crippen LogP contribution is -2.46. The molecule has 2 aromatic rings. The summed E-state index contributed by atoms with van der Waals surface area (Å²) >= 11 is 0. The molecule has 1 aliphatic heterocycles. The van der Waals surface area contributed by atoms with Gasteiger partial charge in [-0.3, -0.25) is 9.69 Å². The second-order valence-corrected chi connectivity index (χ2v) is 7.43. The van der Waals surface area contributed by atoms with Crippen LogP contribution in [0.3, 0.4) is 0 Å². The lowest BCUT2D eigenvalue weighted by Gasteiger charge is -2.36. The highest BCUT2D eigenvalue weighted by Crippen LogP contribution is 2.29. The maximum absolute atomic E-state index is 12.0. The molecule has 4 heteroatoms. The van der Waals surface area contributed by atoms with E-state index in [9.17, 15) is 4.79 Å². The minimum Gasteiger partial charge on any atom is -0.493 e. The molecule has 0 N–H and O–H groups in total. The quantitative estimate of drug-likeness (QED) is 0.730. The third-order valence-electron chi connectivity index (χ3n) is 5.63. The number of anilines is 1. The van der Waals surface area contributed by atoms with Crippen LogP contribution in [-0.2, 0) is 6.42 Å². The average molecular weight is 364 g/mol. The highest BCUT2D eigenvalue weighted by molar-refractivity contribution is 5.99. The number of carbonyl (C=O) groups is 1. The fourth-order valence-electron chi connectivity index (χ4n) is 4.12. The van der Waals surface area contributed by atoms with Gasteiger partial charge in [0.15, 0.2) is 5.78 Å². The van der Waals surface area contributed by atoms with Crippen LogP contribution < -0.4 is 9.64 Å². The van der Waals surface area contributed by atoms with E-state index in [1.165, 1.54) is 5.69 Å². The molecule has 0 unspecified atom stereocenters. The summed E-state index contributed by atoms with van der Waals surface area (Å²) in [6, 6.07) is 16.6. The second-order valence-electron chi connectivity index (χ2n) is 7.43. The van der Waals surface area contributed by atoms with Crippen LogP contribution >= 0.6 is 0 Å². The number of piperazine rings is 1. The SMILES string of the molecule is O=C1CCCc2c(OCCCN3CCN(c4ccccc4)CC3)cccc21. The smallest absolute Gasteiger partial charge is 0.163 e. The molecule has 0 bridgehead atoms. The first kappa shape index (κ1) is 18.1. The van der Waals surface area contributed by atoms with E-state index in [2.05, 4.69) is 40.1 Å². The van der Waals surface area contributed by atoms with Gasteiger partial charge in [-0.05, 0) is 37.5 Å². The Morgan fingerprint density at radius 3 is 2.52 bits per heavy atom. The molecule has 1 saturated heterocycles. The van der Waals surface area contributed by atoms with E-state index in [0.717, 1.165) is 68.9 Å². The van der Waals surface area contributed by atoms with Gasteiger partial charge in [0.05, 0.1) is 6.61 Å². The summed E-state index contributed by atoms with van der Waals surface area (Å²) in [4.78, 5) is 17.0. The van der Waals surface area contributed by atoms with Crippen molar-refractivity contribution in [3.05, 3.63) is 59.7 Å². The van der Waals surface area contributed by atoms with Crippen LogP contribution in [0, 0.1) is 0 Å². The fraction of sp³-hybridized carbons (Fsp3) is 0.435. The molecular weight excluding hydrogens is 336 g/mol. The molecule has 4 rings (SSSR count). The number of Topliss-reactive ketones (excluding diaryl/α,β-unsaturated/α-hetero) is 1. The monoisotopic (exact) mass is 364 g/mol. The number of para-hydroxylation sites is 1. The van der Waals surface area contributed by atoms with Gasteiger partial charge in [0.2, 0.25) is 0 Å². The van der Waals surface area contributed by atoms with Crippen molar-refractivity contribution < 1.29 is 9.53 Å². The predicted molar refractivity (Wildman–Crippen MR) is 109 cm³/mol. The molecule has 1 aliphatic carbocycles. The molecule has 27 heavy (non-hydrogen) atoms. The van der Waals surface area contributed by atoms with E-state index in [-0.39, 0.29) is 5.78 Å². The molecule has 2 aliphatic rings. The number of carbonyl (C=O) groups excluding carboxylic acids is 1. The minimum absolute atomic E-state index is 0.262. The highest BCUT2D eigenvalue weighted by Gasteiger charge is 2.20. The van der Waals surface area contributed by atoms with Crippen molar-refractivity contribution in [1.29, 1.82) is 0 Å². The van der Waals surface area contributed by atoms with Gasteiger partial charge >= 0.3 is 0 Å². The van der Waals surface area contributed by atoms with Crippen molar-refractivity contribution in [2.24, 2.45) is 0 Å². The molecule has 0 amide bonds. The zero-order valence-corrected chi connectivity index (χ0v) is 15.9. The molecule has 142 valence electrons. The van der Waals surface area contributed by atoms with Crippen LogP contribution in [0.5, 0.6) is 5.75 Å². The van der Waals surface area contributed by atoms with E-state index in [0.29, 0.717) is 13.0 Å². The van der Waals surface area contributed by atoms with Crippen LogP contribution in [0.15, 0.2) is 48.5 Å². The Morgan fingerprint density at radius 2 is 1.70 bits per heavy atom. The van der Waals surface area contributed by atoms with E-state index < -0.39 is 0 Å². The number of hydrogen-bond donors (Lipinski definition) is 0. The molecule has 0 radical (unpaired) electrons. The Bertz CT molecular complexity index is 767. The van der Waals surface area contributed by atoms with Gasteiger partial charge in [0, 0.05) is 56.0 Å². The fourth-order valence-corrected chi connectivity index (χ4v) is 4.12. The Morgan fingerprint density at radius 1 is 0.889 bits per heavy atom. The van der Waals surface area contributed by atoms with Crippen molar-refractivity contribution in [3.8, 4) is 5.75 Å². The third-order valence-corrected chi connectivity index (χ3v) is 5.63. The van der Waals surface area contributed by atoms with Crippen LogP contribution in [0.4, 0.5) is 5.69 Å². The summed E-state index contributed by atoms with van der Waals surface area (Å²) in [5.74, 6) is 1.17. The maximum atomic E-state index is 12.0. The Labute approximate surface area is 161 Å². The van der Waals surface area contributed by atoms with Crippen molar-refractivity contribution in [2.75, 3.05) is 44.2 Å². The predicted octanol–water partition coefficient (Wildman–Crippen LogP) is 3.80. The average Bonchev–Trinajstić information content (AvgIpc) is 2.73. The van der Waals surface area contributed by atoms with Gasteiger partial charge in [-0.1, -0.05) is 30.3 Å². The van der Waals surface area contributed by atoms with Gasteiger partial charge in [-0.25, -0.2) is 0 Å². The summed E-state index contributed by atoms with van der Waals surface area (Å²) in [5, 5.41) is 0. The normalized spacial score (nSPS) is 17.6. The molecule has 2 aromatic carbocycles. The van der Waals surface area contributed by atoms with Gasteiger partial charge in [0.25, 0.3) is 0 Å². The number of rotatable bonds is 6. The molecule has 0 spiro atoms.